The number of nitrogens with one attached hydrogen (secondary N) is 1. The van der Waals surface area contributed by atoms with Crippen LogP contribution in [-0.2, 0) is 6.54 Å². The van der Waals surface area contributed by atoms with Crippen LogP contribution in [0.25, 0.3) is 11.5 Å². The van der Waals surface area contributed by atoms with Crippen molar-refractivity contribution in [3.63, 3.8) is 0 Å². The minimum atomic E-state index is 0.626. The summed E-state index contributed by atoms with van der Waals surface area (Å²) in [4.78, 5) is 4.20. The normalized spacial score (nSPS) is 10.5. The molecule has 2 rings (SSSR count). The Morgan fingerprint density at radius 1 is 1.62 bits per heavy atom. The van der Waals surface area contributed by atoms with E-state index in [1.54, 1.807) is 12.4 Å². The maximum atomic E-state index is 5.71. The molecule has 0 amide bonds. The minimum absolute atomic E-state index is 0.626. The molecule has 0 saturated heterocycles. The number of hydrogen-bond acceptors (Lipinski definition) is 3. The lowest BCUT2D eigenvalue weighted by molar-refractivity contribution is 0.767. The Bertz CT molecular complexity index is 400. The van der Waals surface area contributed by atoms with Gasteiger partial charge in [0.25, 0.3) is 0 Å². The molecule has 2 heterocycles. The summed E-state index contributed by atoms with van der Waals surface area (Å²) in [5.41, 5.74) is 7.12. The van der Waals surface area contributed by atoms with Crippen LogP contribution >= 0.6 is 0 Å². The summed E-state index contributed by atoms with van der Waals surface area (Å²) < 4.78 is 2.00. The molecule has 0 radical (unpaired) electrons. The van der Waals surface area contributed by atoms with E-state index in [1.165, 1.54) is 0 Å². The van der Waals surface area contributed by atoms with Crippen molar-refractivity contribution < 1.29 is 0 Å². The van der Waals surface area contributed by atoms with Gasteiger partial charge in [-0.05, 0) is 6.92 Å². The lowest BCUT2D eigenvalue weighted by Gasteiger charge is -2.02. The van der Waals surface area contributed by atoms with Crippen LogP contribution in [0.2, 0.25) is 0 Å². The highest BCUT2D eigenvalue weighted by molar-refractivity contribution is 5.66. The van der Waals surface area contributed by atoms with Crippen LogP contribution in [0.4, 0.5) is 5.69 Å². The zero-order valence-electron chi connectivity index (χ0n) is 7.36. The Balaban J connectivity index is 2.52. The van der Waals surface area contributed by atoms with Crippen molar-refractivity contribution in [1.82, 2.24) is 19.7 Å². The molecular weight excluding hydrogens is 166 g/mol. The summed E-state index contributed by atoms with van der Waals surface area (Å²) in [7, 11) is 0. The molecule has 0 atom stereocenters. The number of nitrogens with two attached hydrogens (primary N) is 1. The maximum absolute atomic E-state index is 5.71. The number of rotatable bonds is 2. The molecular formula is C8H11N5. The molecule has 0 unspecified atom stereocenters. The fourth-order valence-electron chi connectivity index (χ4n) is 1.27. The Morgan fingerprint density at radius 3 is 3.08 bits per heavy atom. The second kappa shape index (κ2) is 2.93. The molecule has 0 spiro atoms. The van der Waals surface area contributed by atoms with Gasteiger partial charge in [-0.2, -0.15) is 5.10 Å². The van der Waals surface area contributed by atoms with E-state index in [2.05, 4.69) is 22.1 Å². The van der Waals surface area contributed by atoms with Gasteiger partial charge >= 0.3 is 0 Å². The summed E-state index contributed by atoms with van der Waals surface area (Å²) >= 11 is 0. The number of aromatic nitrogens is 4. The first-order valence-corrected chi connectivity index (χ1v) is 4.13. The molecule has 0 aromatic carbocycles. The van der Waals surface area contributed by atoms with E-state index in [1.807, 2.05) is 10.8 Å². The summed E-state index contributed by atoms with van der Waals surface area (Å²) in [6, 6.07) is 0. The zero-order valence-corrected chi connectivity index (χ0v) is 7.36. The SMILES string of the molecule is CCn1ccnc1-c1[nH]ncc1N. The molecule has 5 nitrogen and oxygen atoms in total. The highest BCUT2D eigenvalue weighted by Crippen LogP contribution is 2.20. The van der Waals surface area contributed by atoms with E-state index in [9.17, 15) is 0 Å². The van der Waals surface area contributed by atoms with Gasteiger partial charge in [0.1, 0.15) is 5.69 Å². The van der Waals surface area contributed by atoms with Crippen LogP contribution in [0.1, 0.15) is 6.92 Å². The number of nitrogens with zero attached hydrogens (tertiary/aromatic N) is 3. The molecule has 3 N–H and O–H groups in total. The number of imidazole rings is 1. The second-order valence-corrected chi connectivity index (χ2v) is 2.74. The van der Waals surface area contributed by atoms with E-state index < -0.39 is 0 Å². The van der Waals surface area contributed by atoms with Crippen molar-refractivity contribution in [1.29, 1.82) is 0 Å². The Morgan fingerprint density at radius 2 is 2.46 bits per heavy atom. The molecule has 0 aliphatic rings. The van der Waals surface area contributed by atoms with Crippen LogP contribution < -0.4 is 5.73 Å². The number of aryl methyl sites for hydroxylation is 1. The summed E-state index contributed by atoms with van der Waals surface area (Å²) in [5.74, 6) is 0.831. The Kier molecular flexibility index (Phi) is 1.77. The third-order valence-corrected chi connectivity index (χ3v) is 1.95. The topological polar surface area (TPSA) is 72.5 Å². The van der Waals surface area contributed by atoms with Crippen molar-refractivity contribution in [2.75, 3.05) is 5.73 Å². The van der Waals surface area contributed by atoms with Gasteiger partial charge in [0, 0.05) is 18.9 Å². The number of anilines is 1. The monoisotopic (exact) mass is 177 g/mol. The first-order valence-electron chi connectivity index (χ1n) is 4.13. The van der Waals surface area contributed by atoms with Crippen LogP contribution in [-0.4, -0.2) is 19.7 Å². The average Bonchev–Trinajstić information content (AvgIpc) is 2.71. The van der Waals surface area contributed by atoms with Crippen LogP contribution in [0.5, 0.6) is 0 Å². The van der Waals surface area contributed by atoms with Gasteiger partial charge in [-0.1, -0.05) is 0 Å². The predicted octanol–water partition coefficient (Wildman–Crippen LogP) is 0.875. The molecule has 0 bridgehead atoms. The maximum Gasteiger partial charge on any atom is 0.160 e. The quantitative estimate of drug-likeness (QED) is 0.715. The van der Waals surface area contributed by atoms with Crippen molar-refractivity contribution in [3.8, 4) is 11.5 Å². The fourth-order valence-corrected chi connectivity index (χ4v) is 1.27. The first-order chi connectivity index (χ1) is 6.33. The highest BCUT2D eigenvalue weighted by Gasteiger charge is 2.09. The largest absolute Gasteiger partial charge is 0.396 e. The smallest absolute Gasteiger partial charge is 0.160 e. The second-order valence-electron chi connectivity index (χ2n) is 2.74. The van der Waals surface area contributed by atoms with Gasteiger partial charge < -0.3 is 10.3 Å². The molecule has 0 aliphatic carbocycles. The highest BCUT2D eigenvalue weighted by atomic mass is 15.2. The summed E-state index contributed by atoms with van der Waals surface area (Å²) in [5, 5.41) is 6.67. The zero-order chi connectivity index (χ0) is 9.26. The van der Waals surface area contributed by atoms with Crippen LogP contribution in [0, 0.1) is 0 Å². The molecule has 0 saturated carbocycles. The van der Waals surface area contributed by atoms with E-state index in [0.717, 1.165) is 18.1 Å². The van der Waals surface area contributed by atoms with Crippen molar-refractivity contribution in [2.45, 2.75) is 13.5 Å². The van der Waals surface area contributed by atoms with E-state index in [4.69, 9.17) is 5.73 Å². The summed E-state index contributed by atoms with van der Waals surface area (Å²) in [6.45, 7) is 2.92. The van der Waals surface area contributed by atoms with Gasteiger partial charge in [0.15, 0.2) is 5.82 Å². The first kappa shape index (κ1) is 7.85. The van der Waals surface area contributed by atoms with Gasteiger partial charge in [0.2, 0.25) is 0 Å². The Labute approximate surface area is 75.6 Å². The molecule has 13 heavy (non-hydrogen) atoms. The lowest BCUT2D eigenvalue weighted by Crippen LogP contribution is -1.98. The number of aromatic amines is 1. The van der Waals surface area contributed by atoms with Crippen LogP contribution in [0.15, 0.2) is 18.6 Å². The number of H-pyrrole nitrogens is 1. The van der Waals surface area contributed by atoms with E-state index >= 15 is 0 Å². The molecule has 2 aromatic rings. The molecule has 2 aromatic heterocycles. The average molecular weight is 177 g/mol. The van der Waals surface area contributed by atoms with Crippen molar-refractivity contribution >= 4 is 5.69 Å². The van der Waals surface area contributed by atoms with Gasteiger partial charge in [-0.25, -0.2) is 4.98 Å². The minimum Gasteiger partial charge on any atom is -0.396 e. The molecule has 68 valence electrons. The predicted molar refractivity (Wildman–Crippen MR) is 49.9 cm³/mol. The van der Waals surface area contributed by atoms with Crippen molar-refractivity contribution in [3.05, 3.63) is 18.6 Å². The third-order valence-electron chi connectivity index (χ3n) is 1.95. The van der Waals surface area contributed by atoms with E-state index in [-0.39, 0.29) is 0 Å². The van der Waals surface area contributed by atoms with E-state index in [0.29, 0.717) is 5.69 Å². The van der Waals surface area contributed by atoms with Gasteiger partial charge in [-0.3, -0.25) is 5.10 Å². The van der Waals surface area contributed by atoms with Crippen LogP contribution in [0.3, 0.4) is 0 Å². The van der Waals surface area contributed by atoms with Crippen molar-refractivity contribution in [2.24, 2.45) is 0 Å². The molecule has 0 fully saturated rings. The molecule has 0 aliphatic heterocycles. The lowest BCUT2D eigenvalue weighted by atomic mass is 10.3. The standard InChI is InChI=1S/C8H11N5/c1-2-13-4-3-10-8(13)7-6(9)5-11-12-7/h3-5H,2,9H2,1H3,(H,11,12). The van der Waals surface area contributed by atoms with Gasteiger partial charge in [0.05, 0.1) is 11.9 Å². The summed E-state index contributed by atoms with van der Waals surface area (Å²) in [6.07, 6.45) is 5.25. The number of nitrogen functional groups attached to an aromatic ring is 1. The third kappa shape index (κ3) is 1.18. The Hall–Kier alpha value is -1.78. The molecule has 5 heteroatoms. The van der Waals surface area contributed by atoms with Gasteiger partial charge in [-0.15, -0.1) is 0 Å². The number of hydrogen-bond donors (Lipinski definition) is 2. The fraction of sp³-hybridized carbons (Fsp3) is 0.250.